The van der Waals surface area contributed by atoms with Crippen molar-refractivity contribution in [2.24, 2.45) is 0 Å². The monoisotopic (exact) mass is 353 g/mol. The third-order valence-corrected chi connectivity index (χ3v) is 3.34. The number of aliphatic hydroxyl groups excluding tert-OH is 2. The van der Waals surface area contributed by atoms with Gasteiger partial charge in [-0.15, -0.1) is 0 Å². The van der Waals surface area contributed by atoms with Crippen molar-refractivity contribution < 1.29 is 19.7 Å². The number of amides is 2. The van der Waals surface area contributed by atoms with Crippen molar-refractivity contribution in [3.8, 4) is 5.75 Å². The Labute approximate surface area is 149 Å². The fourth-order valence-electron chi connectivity index (χ4n) is 2.03. The van der Waals surface area contributed by atoms with Gasteiger partial charge in [0.15, 0.2) is 0 Å². The molecule has 7 heteroatoms. The van der Waals surface area contributed by atoms with Crippen molar-refractivity contribution in [2.75, 3.05) is 19.7 Å². The molecule has 0 radical (unpaired) electrons. The third kappa shape index (κ3) is 9.28. The van der Waals surface area contributed by atoms with Crippen molar-refractivity contribution in [3.05, 3.63) is 29.8 Å². The minimum absolute atomic E-state index is 0.0414. The average Bonchev–Trinajstić information content (AvgIpc) is 2.55. The summed E-state index contributed by atoms with van der Waals surface area (Å²) in [6.45, 7) is 8.54. The first-order chi connectivity index (χ1) is 11.8. The molecule has 0 spiro atoms. The molecule has 0 saturated carbocycles. The van der Waals surface area contributed by atoms with Gasteiger partial charge >= 0.3 is 6.03 Å². The number of benzene rings is 1. The van der Waals surface area contributed by atoms with E-state index in [0.717, 1.165) is 0 Å². The van der Waals surface area contributed by atoms with E-state index >= 15 is 0 Å². The number of hydrogen-bond acceptors (Lipinski definition) is 5. The highest BCUT2D eigenvalue weighted by Gasteiger charge is 2.11. The number of rotatable bonds is 10. The van der Waals surface area contributed by atoms with E-state index in [9.17, 15) is 15.0 Å². The molecule has 0 heterocycles. The number of nitrogens with one attached hydrogen (secondary N) is 3. The standard InChI is InChI=1S/C18H31N3O4/c1-12(2)19-9-15(22)11-25-16-7-5-14(6-8-16)17(23)10-20-18(24)21-13(3)4/h5-8,12-13,15,17,19,22-23H,9-11H2,1-4H3,(H2,20,21,24). The molecule has 5 N–H and O–H groups in total. The van der Waals surface area contributed by atoms with Crippen LogP contribution in [-0.4, -0.2) is 54.1 Å². The third-order valence-electron chi connectivity index (χ3n) is 3.34. The minimum atomic E-state index is -0.798. The lowest BCUT2D eigenvalue weighted by Crippen LogP contribution is -2.41. The summed E-state index contributed by atoms with van der Waals surface area (Å²) in [5.41, 5.74) is 0.680. The predicted molar refractivity (Wildman–Crippen MR) is 97.7 cm³/mol. The lowest BCUT2D eigenvalue weighted by molar-refractivity contribution is 0.104. The van der Waals surface area contributed by atoms with Crippen LogP contribution in [0.3, 0.4) is 0 Å². The molecule has 2 atom stereocenters. The van der Waals surface area contributed by atoms with E-state index in [1.165, 1.54) is 0 Å². The molecule has 0 saturated heterocycles. The molecule has 1 aromatic rings. The second-order valence-electron chi connectivity index (χ2n) is 6.62. The molecule has 7 nitrogen and oxygen atoms in total. The molecule has 2 amide bonds. The average molecular weight is 353 g/mol. The Morgan fingerprint density at radius 1 is 1.04 bits per heavy atom. The van der Waals surface area contributed by atoms with E-state index in [1.54, 1.807) is 24.3 Å². The van der Waals surface area contributed by atoms with Gasteiger partial charge in [-0.05, 0) is 31.5 Å². The van der Waals surface area contributed by atoms with Crippen molar-refractivity contribution >= 4 is 6.03 Å². The van der Waals surface area contributed by atoms with Gasteiger partial charge in [-0.1, -0.05) is 26.0 Å². The Hall–Kier alpha value is -1.83. The van der Waals surface area contributed by atoms with Gasteiger partial charge in [0.05, 0.1) is 6.10 Å². The Morgan fingerprint density at radius 2 is 1.68 bits per heavy atom. The second-order valence-corrected chi connectivity index (χ2v) is 6.62. The Kier molecular flexibility index (Phi) is 9.26. The maximum atomic E-state index is 11.5. The number of aliphatic hydroxyl groups is 2. The molecule has 0 aliphatic carbocycles. The summed E-state index contributed by atoms with van der Waals surface area (Å²) < 4.78 is 5.53. The molecule has 0 bridgehead atoms. The molecule has 142 valence electrons. The van der Waals surface area contributed by atoms with Gasteiger partial charge in [0.2, 0.25) is 0 Å². The summed E-state index contributed by atoms with van der Waals surface area (Å²) in [7, 11) is 0. The van der Waals surface area contributed by atoms with Gasteiger partial charge in [0.1, 0.15) is 18.5 Å². The van der Waals surface area contributed by atoms with Crippen LogP contribution in [0.5, 0.6) is 5.75 Å². The van der Waals surface area contributed by atoms with Crippen LogP contribution >= 0.6 is 0 Å². The van der Waals surface area contributed by atoms with E-state index in [1.807, 2.05) is 27.7 Å². The fourth-order valence-corrected chi connectivity index (χ4v) is 2.03. The van der Waals surface area contributed by atoms with E-state index in [-0.39, 0.29) is 25.2 Å². The molecular formula is C18H31N3O4. The van der Waals surface area contributed by atoms with Crippen LogP contribution in [0.4, 0.5) is 4.79 Å². The zero-order chi connectivity index (χ0) is 18.8. The van der Waals surface area contributed by atoms with Crippen molar-refractivity contribution in [1.82, 2.24) is 16.0 Å². The number of ether oxygens (including phenoxy) is 1. The van der Waals surface area contributed by atoms with Crippen LogP contribution in [0.2, 0.25) is 0 Å². The van der Waals surface area contributed by atoms with Crippen molar-refractivity contribution in [2.45, 2.75) is 52.0 Å². The first-order valence-corrected chi connectivity index (χ1v) is 8.64. The lowest BCUT2D eigenvalue weighted by atomic mass is 10.1. The van der Waals surface area contributed by atoms with Gasteiger partial charge < -0.3 is 30.9 Å². The maximum Gasteiger partial charge on any atom is 0.315 e. The molecule has 1 rings (SSSR count). The topological polar surface area (TPSA) is 103 Å². The largest absolute Gasteiger partial charge is 0.491 e. The van der Waals surface area contributed by atoms with Crippen LogP contribution in [0.1, 0.15) is 39.4 Å². The van der Waals surface area contributed by atoms with Crippen molar-refractivity contribution in [1.29, 1.82) is 0 Å². The number of hydrogen-bond donors (Lipinski definition) is 5. The quantitative estimate of drug-likeness (QED) is 0.434. The van der Waals surface area contributed by atoms with Gasteiger partial charge in [-0.3, -0.25) is 0 Å². The molecule has 0 aliphatic heterocycles. The Morgan fingerprint density at radius 3 is 2.24 bits per heavy atom. The Bertz CT molecular complexity index is 506. The SMILES string of the molecule is CC(C)NCC(O)COc1ccc(C(O)CNC(=O)NC(C)C)cc1. The van der Waals surface area contributed by atoms with E-state index in [0.29, 0.717) is 23.9 Å². The molecule has 0 aromatic heterocycles. The summed E-state index contributed by atoms with van der Waals surface area (Å²) in [5, 5.41) is 28.4. The summed E-state index contributed by atoms with van der Waals surface area (Å²) in [6, 6.07) is 6.98. The molecule has 2 unspecified atom stereocenters. The number of carbonyl (C=O) groups is 1. The summed E-state index contributed by atoms with van der Waals surface area (Å²) >= 11 is 0. The normalized spacial score (nSPS) is 13.6. The maximum absolute atomic E-state index is 11.5. The predicted octanol–water partition coefficient (Wildman–Crippen LogP) is 1.17. The van der Waals surface area contributed by atoms with Gasteiger partial charge in [-0.2, -0.15) is 0 Å². The van der Waals surface area contributed by atoms with Crippen LogP contribution in [-0.2, 0) is 0 Å². The van der Waals surface area contributed by atoms with Crippen LogP contribution in [0, 0.1) is 0 Å². The summed E-state index contributed by atoms with van der Waals surface area (Å²) in [6.07, 6.45) is -1.39. The van der Waals surface area contributed by atoms with Gasteiger partial charge in [0.25, 0.3) is 0 Å². The molecule has 1 aromatic carbocycles. The van der Waals surface area contributed by atoms with Crippen LogP contribution in [0.15, 0.2) is 24.3 Å². The highest BCUT2D eigenvalue weighted by atomic mass is 16.5. The molecule has 0 aliphatic rings. The highest BCUT2D eigenvalue weighted by Crippen LogP contribution is 2.17. The van der Waals surface area contributed by atoms with Crippen LogP contribution in [0.25, 0.3) is 0 Å². The van der Waals surface area contributed by atoms with E-state index in [2.05, 4.69) is 16.0 Å². The molecule has 25 heavy (non-hydrogen) atoms. The molecular weight excluding hydrogens is 322 g/mol. The zero-order valence-corrected chi connectivity index (χ0v) is 15.5. The van der Waals surface area contributed by atoms with E-state index in [4.69, 9.17) is 4.74 Å². The van der Waals surface area contributed by atoms with Gasteiger partial charge in [0, 0.05) is 25.2 Å². The highest BCUT2D eigenvalue weighted by molar-refractivity contribution is 5.74. The zero-order valence-electron chi connectivity index (χ0n) is 15.5. The van der Waals surface area contributed by atoms with Crippen molar-refractivity contribution in [3.63, 3.8) is 0 Å². The Balaban J connectivity index is 2.38. The first-order valence-electron chi connectivity index (χ1n) is 8.64. The smallest absolute Gasteiger partial charge is 0.315 e. The summed E-state index contributed by atoms with van der Waals surface area (Å²) in [4.78, 5) is 11.5. The second kappa shape index (κ2) is 10.9. The summed E-state index contributed by atoms with van der Waals surface area (Å²) in [5.74, 6) is 0.616. The minimum Gasteiger partial charge on any atom is -0.491 e. The molecule has 0 fully saturated rings. The first kappa shape index (κ1) is 21.2. The van der Waals surface area contributed by atoms with E-state index < -0.39 is 12.2 Å². The van der Waals surface area contributed by atoms with Crippen LogP contribution < -0.4 is 20.7 Å². The lowest BCUT2D eigenvalue weighted by Gasteiger charge is -2.16. The fraction of sp³-hybridized carbons (Fsp3) is 0.611. The number of urea groups is 1. The van der Waals surface area contributed by atoms with Gasteiger partial charge in [-0.25, -0.2) is 4.79 Å². The number of carbonyl (C=O) groups excluding carboxylic acids is 1.